The Bertz CT molecular complexity index is 1270. The summed E-state index contributed by atoms with van der Waals surface area (Å²) in [6, 6.07) is 24.9. The Balaban J connectivity index is 1.40. The largest absolute Gasteiger partial charge is 0.338 e. The molecule has 0 spiro atoms. The molecule has 0 saturated carbocycles. The Kier molecular flexibility index (Phi) is 3.84. The van der Waals surface area contributed by atoms with Gasteiger partial charge in [0.25, 0.3) is 5.91 Å². The molecule has 134 valence electrons. The van der Waals surface area contributed by atoms with Crippen LogP contribution in [0.3, 0.4) is 0 Å². The van der Waals surface area contributed by atoms with Crippen LogP contribution in [-0.2, 0) is 0 Å². The number of imidazole rings is 1. The van der Waals surface area contributed by atoms with Gasteiger partial charge < -0.3 is 10.3 Å². The van der Waals surface area contributed by atoms with Gasteiger partial charge in [0.05, 0.1) is 22.1 Å². The molecule has 0 radical (unpaired) electrons. The van der Waals surface area contributed by atoms with Gasteiger partial charge in [0.1, 0.15) is 5.82 Å². The minimum atomic E-state index is -0.180. The lowest BCUT2D eigenvalue weighted by atomic mass is 10.1. The number of carbonyl (C=O) groups excluding carboxylic acids is 1. The molecule has 5 rings (SSSR count). The maximum Gasteiger partial charge on any atom is 0.257 e. The van der Waals surface area contributed by atoms with Gasteiger partial charge in [-0.15, -0.1) is 0 Å². The number of fused-ring (bicyclic) bond motifs is 2. The molecule has 0 aliphatic rings. The Morgan fingerprint density at radius 2 is 1.68 bits per heavy atom. The number of hydrogen-bond donors (Lipinski definition) is 2. The summed E-state index contributed by atoms with van der Waals surface area (Å²) >= 11 is 0. The molecule has 5 aromatic rings. The fourth-order valence-electron chi connectivity index (χ4n) is 3.29. The number of rotatable bonds is 3. The Labute approximate surface area is 161 Å². The van der Waals surface area contributed by atoms with Crippen molar-refractivity contribution in [1.82, 2.24) is 15.0 Å². The SMILES string of the molecule is O=C(Nc1ccc(-c2nc3ccccc3[nH]2)cc1)c1cccc2cccnc12. The van der Waals surface area contributed by atoms with E-state index in [4.69, 9.17) is 0 Å². The van der Waals surface area contributed by atoms with Gasteiger partial charge in [0.2, 0.25) is 0 Å². The summed E-state index contributed by atoms with van der Waals surface area (Å²) in [5.41, 5.74) is 4.86. The monoisotopic (exact) mass is 364 g/mol. The fraction of sp³-hybridized carbons (Fsp3) is 0. The number of aromatic nitrogens is 3. The lowest BCUT2D eigenvalue weighted by Crippen LogP contribution is -2.12. The number of nitrogens with one attached hydrogen (secondary N) is 2. The van der Waals surface area contributed by atoms with E-state index in [1.165, 1.54) is 0 Å². The van der Waals surface area contributed by atoms with Gasteiger partial charge in [-0.2, -0.15) is 0 Å². The van der Waals surface area contributed by atoms with Crippen LogP contribution in [0.1, 0.15) is 10.4 Å². The summed E-state index contributed by atoms with van der Waals surface area (Å²) in [7, 11) is 0. The zero-order valence-electron chi connectivity index (χ0n) is 14.9. The van der Waals surface area contributed by atoms with Crippen molar-refractivity contribution in [2.24, 2.45) is 0 Å². The van der Waals surface area contributed by atoms with E-state index < -0.39 is 0 Å². The third-order valence-electron chi connectivity index (χ3n) is 4.68. The maximum atomic E-state index is 12.7. The van der Waals surface area contributed by atoms with Crippen molar-refractivity contribution in [3.05, 3.63) is 90.6 Å². The van der Waals surface area contributed by atoms with Crippen molar-refractivity contribution in [2.75, 3.05) is 5.32 Å². The lowest BCUT2D eigenvalue weighted by molar-refractivity contribution is 0.102. The highest BCUT2D eigenvalue weighted by molar-refractivity contribution is 6.11. The topological polar surface area (TPSA) is 70.7 Å². The van der Waals surface area contributed by atoms with Crippen molar-refractivity contribution in [2.45, 2.75) is 0 Å². The minimum absolute atomic E-state index is 0.180. The number of carbonyl (C=O) groups is 1. The van der Waals surface area contributed by atoms with E-state index in [9.17, 15) is 4.79 Å². The van der Waals surface area contributed by atoms with E-state index in [-0.39, 0.29) is 5.91 Å². The van der Waals surface area contributed by atoms with E-state index in [1.807, 2.05) is 72.8 Å². The zero-order valence-corrected chi connectivity index (χ0v) is 14.9. The van der Waals surface area contributed by atoms with Crippen molar-refractivity contribution < 1.29 is 4.79 Å². The van der Waals surface area contributed by atoms with E-state index in [0.717, 1.165) is 33.5 Å². The first-order chi connectivity index (χ1) is 13.8. The van der Waals surface area contributed by atoms with Gasteiger partial charge in [-0.3, -0.25) is 9.78 Å². The highest BCUT2D eigenvalue weighted by Crippen LogP contribution is 2.23. The molecule has 2 heterocycles. The second-order valence-corrected chi connectivity index (χ2v) is 6.51. The van der Waals surface area contributed by atoms with E-state index >= 15 is 0 Å². The standard InChI is InChI=1S/C23H16N4O/c28-23(18-7-3-5-15-6-4-14-24-21(15)18)25-17-12-10-16(11-13-17)22-26-19-8-1-2-9-20(19)27-22/h1-14H,(H,25,28)(H,26,27). The van der Waals surface area contributed by atoms with E-state index in [2.05, 4.69) is 20.3 Å². The highest BCUT2D eigenvalue weighted by Gasteiger charge is 2.11. The van der Waals surface area contributed by atoms with Gasteiger partial charge in [0.15, 0.2) is 0 Å². The molecule has 0 aliphatic carbocycles. The Hall–Kier alpha value is -3.99. The highest BCUT2D eigenvalue weighted by atomic mass is 16.1. The smallest absolute Gasteiger partial charge is 0.257 e. The summed E-state index contributed by atoms with van der Waals surface area (Å²) in [5.74, 6) is 0.623. The number of aromatic amines is 1. The van der Waals surface area contributed by atoms with Crippen LogP contribution in [0.25, 0.3) is 33.3 Å². The first-order valence-electron chi connectivity index (χ1n) is 8.98. The molecule has 0 unspecified atom stereocenters. The minimum Gasteiger partial charge on any atom is -0.338 e. The van der Waals surface area contributed by atoms with Gasteiger partial charge in [-0.25, -0.2) is 4.98 Å². The fourth-order valence-corrected chi connectivity index (χ4v) is 3.29. The van der Waals surface area contributed by atoms with Crippen LogP contribution in [0.5, 0.6) is 0 Å². The normalized spacial score (nSPS) is 11.0. The zero-order chi connectivity index (χ0) is 18.9. The molecule has 0 bridgehead atoms. The van der Waals surface area contributed by atoms with Crippen LogP contribution in [-0.4, -0.2) is 20.9 Å². The van der Waals surface area contributed by atoms with Crippen molar-refractivity contribution >= 4 is 33.5 Å². The van der Waals surface area contributed by atoms with Gasteiger partial charge in [-0.05, 0) is 48.5 Å². The average Bonchev–Trinajstić information content (AvgIpc) is 3.18. The number of benzene rings is 3. The number of anilines is 1. The van der Waals surface area contributed by atoms with Gasteiger partial charge in [0, 0.05) is 22.8 Å². The van der Waals surface area contributed by atoms with Crippen LogP contribution in [0.2, 0.25) is 0 Å². The van der Waals surface area contributed by atoms with Crippen LogP contribution in [0.15, 0.2) is 85.1 Å². The third kappa shape index (κ3) is 2.89. The Morgan fingerprint density at radius 3 is 2.54 bits per heavy atom. The summed E-state index contributed by atoms with van der Waals surface area (Å²) in [4.78, 5) is 25.0. The molecular weight excluding hydrogens is 348 g/mol. The number of para-hydroxylation sites is 3. The average molecular weight is 364 g/mol. The van der Waals surface area contributed by atoms with Crippen LogP contribution in [0.4, 0.5) is 5.69 Å². The third-order valence-corrected chi connectivity index (χ3v) is 4.68. The van der Waals surface area contributed by atoms with E-state index in [0.29, 0.717) is 11.1 Å². The molecule has 0 fully saturated rings. The summed E-state index contributed by atoms with van der Waals surface area (Å²) in [6.45, 7) is 0. The molecule has 28 heavy (non-hydrogen) atoms. The van der Waals surface area contributed by atoms with Crippen LogP contribution < -0.4 is 5.32 Å². The molecule has 0 atom stereocenters. The second-order valence-electron chi connectivity index (χ2n) is 6.51. The number of nitrogens with zero attached hydrogens (tertiary/aromatic N) is 2. The van der Waals surface area contributed by atoms with E-state index in [1.54, 1.807) is 12.3 Å². The molecule has 3 aromatic carbocycles. The molecule has 5 nitrogen and oxygen atoms in total. The van der Waals surface area contributed by atoms with Crippen LogP contribution >= 0.6 is 0 Å². The molecule has 0 aliphatic heterocycles. The maximum absolute atomic E-state index is 12.7. The first kappa shape index (κ1) is 16.2. The lowest BCUT2D eigenvalue weighted by Gasteiger charge is -2.08. The quantitative estimate of drug-likeness (QED) is 0.472. The summed E-state index contributed by atoms with van der Waals surface area (Å²) in [6.07, 6.45) is 1.70. The molecule has 5 heteroatoms. The Morgan fingerprint density at radius 1 is 0.857 bits per heavy atom. The second kappa shape index (κ2) is 6.63. The molecular formula is C23H16N4O. The number of amides is 1. The van der Waals surface area contributed by atoms with Crippen molar-refractivity contribution in [3.8, 4) is 11.4 Å². The molecule has 2 N–H and O–H groups in total. The van der Waals surface area contributed by atoms with Gasteiger partial charge in [-0.1, -0.05) is 30.3 Å². The molecule has 2 aromatic heterocycles. The van der Waals surface area contributed by atoms with Gasteiger partial charge >= 0.3 is 0 Å². The predicted molar refractivity (Wildman–Crippen MR) is 111 cm³/mol. The number of H-pyrrole nitrogens is 1. The molecule has 1 amide bonds. The molecule has 0 saturated heterocycles. The number of hydrogen-bond acceptors (Lipinski definition) is 3. The van der Waals surface area contributed by atoms with Crippen LogP contribution in [0, 0.1) is 0 Å². The first-order valence-corrected chi connectivity index (χ1v) is 8.98. The van der Waals surface area contributed by atoms with Crippen molar-refractivity contribution in [1.29, 1.82) is 0 Å². The summed E-state index contributed by atoms with van der Waals surface area (Å²) < 4.78 is 0. The van der Waals surface area contributed by atoms with Crippen molar-refractivity contribution in [3.63, 3.8) is 0 Å². The predicted octanol–water partition coefficient (Wildman–Crippen LogP) is 5.03. The summed E-state index contributed by atoms with van der Waals surface area (Å²) in [5, 5.41) is 3.89. The number of pyridine rings is 1.